The van der Waals surface area contributed by atoms with Crippen LogP contribution in [0.1, 0.15) is 25.5 Å². The number of nitrogens with two attached hydrogens (primary N) is 1. The highest BCUT2D eigenvalue weighted by molar-refractivity contribution is 5.37. The number of rotatable bonds is 2. The molecule has 6 nitrogen and oxygen atoms in total. The first-order chi connectivity index (χ1) is 7.09. The Morgan fingerprint density at radius 2 is 2.27 bits per heavy atom. The van der Waals surface area contributed by atoms with Crippen molar-refractivity contribution in [3.05, 3.63) is 28.6 Å². The summed E-state index contributed by atoms with van der Waals surface area (Å²) in [5.74, 6) is 0.141. The third-order valence-corrected chi connectivity index (χ3v) is 2.59. The Kier molecular flexibility index (Phi) is 2.28. The van der Waals surface area contributed by atoms with Crippen LogP contribution in [-0.4, -0.2) is 25.6 Å². The first-order valence-electron chi connectivity index (χ1n) is 4.78. The van der Waals surface area contributed by atoms with E-state index in [9.17, 15) is 4.79 Å². The lowest BCUT2D eigenvalue weighted by atomic mass is 10.0. The van der Waals surface area contributed by atoms with Crippen LogP contribution in [0.5, 0.6) is 0 Å². The van der Waals surface area contributed by atoms with E-state index in [1.807, 2.05) is 13.8 Å². The topological polar surface area (TPSA) is 89.1 Å². The van der Waals surface area contributed by atoms with Crippen molar-refractivity contribution in [1.29, 1.82) is 0 Å². The van der Waals surface area contributed by atoms with E-state index in [-0.39, 0.29) is 17.6 Å². The summed E-state index contributed by atoms with van der Waals surface area (Å²) in [4.78, 5) is 15.4. The molecular formula is C9H13N5O. The van der Waals surface area contributed by atoms with Gasteiger partial charge in [0.15, 0.2) is 5.65 Å². The average Bonchev–Trinajstić information content (AvgIpc) is 2.59. The number of nitrogens with zero attached hydrogens (tertiary/aromatic N) is 3. The van der Waals surface area contributed by atoms with Crippen LogP contribution >= 0.6 is 0 Å². The van der Waals surface area contributed by atoms with Crippen molar-refractivity contribution in [3.63, 3.8) is 0 Å². The van der Waals surface area contributed by atoms with E-state index in [4.69, 9.17) is 5.73 Å². The van der Waals surface area contributed by atoms with Gasteiger partial charge in [0, 0.05) is 18.0 Å². The Morgan fingerprint density at radius 3 is 2.93 bits per heavy atom. The van der Waals surface area contributed by atoms with Gasteiger partial charge in [0.1, 0.15) is 6.33 Å². The molecule has 0 aliphatic heterocycles. The fourth-order valence-electron chi connectivity index (χ4n) is 1.34. The molecule has 0 aliphatic carbocycles. The molecule has 0 saturated heterocycles. The van der Waals surface area contributed by atoms with Gasteiger partial charge in [0.2, 0.25) is 0 Å². The molecule has 3 N–H and O–H groups in total. The molecule has 2 aromatic rings. The number of aromatic amines is 1. The minimum Gasteiger partial charge on any atom is -0.327 e. The fourth-order valence-corrected chi connectivity index (χ4v) is 1.34. The summed E-state index contributed by atoms with van der Waals surface area (Å²) in [5, 5.41) is 6.22. The molecule has 2 atom stereocenters. The van der Waals surface area contributed by atoms with Gasteiger partial charge in [-0.1, -0.05) is 6.92 Å². The second-order valence-electron chi connectivity index (χ2n) is 3.72. The molecule has 0 amide bonds. The first kappa shape index (κ1) is 9.85. The third kappa shape index (κ3) is 1.63. The fraction of sp³-hybridized carbons (Fsp3) is 0.444. The van der Waals surface area contributed by atoms with E-state index in [0.717, 1.165) is 5.69 Å². The van der Waals surface area contributed by atoms with E-state index in [1.165, 1.54) is 10.7 Å². The smallest absolute Gasteiger partial charge is 0.327 e. The molecule has 0 radical (unpaired) electrons. The van der Waals surface area contributed by atoms with Crippen LogP contribution in [0.2, 0.25) is 0 Å². The quantitative estimate of drug-likeness (QED) is 0.717. The van der Waals surface area contributed by atoms with Gasteiger partial charge >= 0.3 is 5.69 Å². The predicted molar refractivity (Wildman–Crippen MR) is 55.7 cm³/mol. The number of aromatic nitrogens is 4. The minimum absolute atomic E-state index is 0.0191. The summed E-state index contributed by atoms with van der Waals surface area (Å²) < 4.78 is 1.36. The summed E-state index contributed by atoms with van der Waals surface area (Å²) in [5.41, 5.74) is 6.91. The molecule has 0 aliphatic rings. The largest absolute Gasteiger partial charge is 0.348 e. The normalized spacial score (nSPS) is 15.4. The third-order valence-electron chi connectivity index (χ3n) is 2.59. The molecule has 2 heterocycles. The molecule has 0 bridgehead atoms. The number of H-pyrrole nitrogens is 1. The Labute approximate surface area is 86.1 Å². The minimum atomic E-state index is -0.280. The molecule has 6 heteroatoms. The lowest BCUT2D eigenvalue weighted by Crippen LogP contribution is -2.23. The van der Waals surface area contributed by atoms with Crippen molar-refractivity contribution in [2.45, 2.75) is 25.8 Å². The number of hydrogen-bond donors (Lipinski definition) is 2. The van der Waals surface area contributed by atoms with E-state index in [1.54, 1.807) is 6.07 Å². The number of hydrogen-bond acceptors (Lipinski definition) is 4. The van der Waals surface area contributed by atoms with Crippen molar-refractivity contribution >= 4 is 5.65 Å². The van der Waals surface area contributed by atoms with E-state index < -0.39 is 0 Å². The van der Waals surface area contributed by atoms with Crippen LogP contribution in [0.15, 0.2) is 17.2 Å². The van der Waals surface area contributed by atoms with E-state index >= 15 is 0 Å². The summed E-state index contributed by atoms with van der Waals surface area (Å²) in [6.07, 6.45) is 1.47. The van der Waals surface area contributed by atoms with Gasteiger partial charge in [-0.05, 0) is 6.92 Å². The highest BCUT2D eigenvalue weighted by Gasteiger charge is 2.13. The van der Waals surface area contributed by atoms with Gasteiger partial charge in [0.25, 0.3) is 0 Å². The molecule has 2 rings (SSSR count). The standard InChI is InChI=1S/C9H13N5O/c1-5(6(2)10)7-3-8-12-13-9(15)14(8)4-11-7/h3-6H,10H2,1-2H3,(H,13,15). The second-order valence-corrected chi connectivity index (χ2v) is 3.72. The highest BCUT2D eigenvalue weighted by Crippen LogP contribution is 2.15. The summed E-state index contributed by atoms with van der Waals surface area (Å²) in [6, 6.07) is 1.79. The molecule has 2 aromatic heterocycles. The highest BCUT2D eigenvalue weighted by atomic mass is 16.1. The Balaban J connectivity index is 2.52. The van der Waals surface area contributed by atoms with Gasteiger partial charge in [0.05, 0.1) is 5.69 Å². The second kappa shape index (κ2) is 3.47. The molecule has 0 spiro atoms. The van der Waals surface area contributed by atoms with Crippen LogP contribution in [0.25, 0.3) is 5.65 Å². The average molecular weight is 207 g/mol. The molecule has 15 heavy (non-hydrogen) atoms. The molecule has 0 saturated carbocycles. The number of fused-ring (bicyclic) bond motifs is 1. The lowest BCUT2D eigenvalue weighted by Gasteiger charge is -2.14. The lowest BCUT2D eigenvalue weighted by molar-refractivity contribution is 0.597. The first-order valence-corrected chi connectivity index (χ1v) is 4.78. The van der Waals surface area contributed by atoms with Crippen LogP contribution in [0.4, 0.5) is 0 Å². The number of nitrogens with one attached hydrogen (secondary N) is 1. The zero-order valence-electron chi connectivity index (χ0n) is 8.64. The van der Waals surface area contributed by atoms with Gasteiger partial charge in [-0.2, -0.15) is 5.10 Å². The molecule has 80 valence electrons. The van der Waals surface area contributed by atoms with Crippen molar-refractivity contribution in [3.8, 4) is 0 Å². The summed E-state index contributed by atoms with van der Waals surface area (Å²) in [7, 11) is 0. The van der Waals surface area contributed by atoms with Crippen molar-refractivity contribution in [1.82, 2.24) is 19.6 Å². The van der Waals surface area contributed by atoms with Crippen molar-refractivity contribution < 1.29 is 0 Å². The van der Waals surface area contributed by atoms with Crippen LogP contribution in [0, 0.1) is 0 Å². The summed E-state index contributed by atoms with van der Waals surface area (Å²) in [6.45, 7) is 3.92. The van der Waals surface area contributed by atoms with Crippen LogP contribution < -0.4 is 11.4 Å². The Bertz CT molecular complexity index is 527. The SMILES string of the molecule is CC(N)C(C)c1cc2n[nH]c(=O)n2cn1. The van der Waals surface area contributed by atoms with Crippen LogP contribution in [0.3, 0.4) is 0 Å². The van der Waals surface area contributed by atoms with Gasteiger partial charge in [-0.15, -0.1) is 0 Å². The van der Waals surface area contributed by atoms with Crippen molar-refractivity contribution in [2.24, 2.45) is 5.73 Å². The van der Waals surface area contributed by atoms with E-state index in [0.29, 0.717) is 5.65 Å². The maximum absolute atomic E-state index is 11.2. The van der Waals surface area contributed by atoms with Crippen LogP contribution in [-0.2, 0) is 0 Å². The van der Waals surface area contributed by atoms with E-state index in [2.05, 4.69) is 15.2 Å². The zero-order chi connectivity index (χ0) is 11.0. The maximum Gasteiger partial charge on any atom is 0.348 e. The monoisotopic (exact) mass is 207 g/mol. The zero-order valence-corrected chi connectivity index (χ0v) is 8.64. The molecule has 2 unspecified atom stereocenters. The molecule has 0 aromatic carbocycles. The van der Waals surface area contributed by atoms with Gasteiger partial charge in [-0.25, -0.2) is 19.3 Å². The predicted octanol–water partition coefficient (Wildman–Crippen LogP) is -0.132. The molecular weight excluding hydrogens is 194 g/mol. The maximum atomic E-state index is 11.2. The molecule has 0 fully saturated rings. The van der Waals surface area contributed by atoms with Gasteiger partial charge in [-0.3, -0.25) is 0 Å². The Hall–Kier alpha value is -1.69. The Morgan fingerprint density at radius 1 is 1.53 bits per heavy atom. The van der Waals surface area contributed by atoms with Gasteiger partial charge < -0.3 is 5.73 Å². The summed E-state index contributed by atoms with van der Waals surface area (Å²) >= 11 is 0. The van der Waals surface area contributed by atoms with Crippen molar-refractivity contribution in [2.75, 3.05) is 0 Å².